The Hall–Kier alpha value is -3.93. The van der Waals surface area contributed by atoms with E-state index in [0.717, 1.165) is 47.9 Å². The lowest BCUT2D eigenvalue weighted by Crippen LogP contribution is -2.48. The van der Waals surface area contributed by atoms with Gasteiger partial charge in [0, 0.05) is 25.2 Å². The van der Waals surface area contributed by atoms with Crippen LogP contribution < -0.4 is 0 Å². The Labute approximate surface area is 237 Å². The van der Waals surface area contributed by atoms with Gasteiger partial charge < -0.3 is 20.0 Å². The van der Waals surface area contributed by atoms with Gasteiger partial charge in [0.05, 0.1) is 13.2 Å². The van der Waals surface area contributed by atoms with Crippen LogP contribution in [-0.4, -0.2) is 38.1 Å². The van der Waals surface area contributed by atoms with Gasteiger partial charge in [-0.15, -0.1) is 0 Å². The van der Waals surface area contributed by atoms with Crippen LogP contribution in [-0.2, 0) is 39.1 Å². The van der Waals surface area contributed by atoms with E-state index in [1.807, 2.05) is 70.5 Å². The average Bonchev–Trinajstić information content (AvgIpc) is 3.11. The Kier molecular flexibility index (Phi) is 9.27. The first-order valence-electron chi connectivity index (χ1n) is 14.2. The molecule has 0 unspecified atom stereocenters. The van der Waals surface area contributed by atoms with Crippen LogP contribution >= 0.6 is 0 Å². The highest BCUT2D eigenvalue weighted by molar-refractivity contribution is 5.76. The normalized spacial score (nSPS) is 17.6. The van der Waals surface area contributed by atoms with Crippen LogP contribution in [0.3, 0.4) is 0 Å². The number of urea groups is 1. The van der Waals surface area contributed by atoms with E-state index in [0.29, 0.717) is 13.1 Å². The number of amides is 2. The van der Waals surface area contributed by atoms with Crippen molar-refractivity contribution in [2.24, 2.45) is 0 Å². The Morgan fingerprint density at radius 2 is 0.900 bits per heavy atom. The Bertz CT molecular complexity index is 1270. The first-order valence-corrected chi connectivity index (χ1v) is 14.2. The molecule has 40 heavy (non-hydrogen) atoms. The van der Waals surface area contributed by atoms with Gasteiger partial charge in [-0.25, -0.2) is 4.79 Å². The third-order valence-corrected chi connectivity index (χ3v) is 7.89. The summed E-state index contributed by atoms with van der Waals surface area (Å²) in [4.78, 5) is 18.7. The summed E-state index contributed by atoms with van der Waals surface area (Å²) in [5, 5.41) is 19.5. The summed E-state index contributed by atoms with van der Waals surface area (Å²) >= 11 is 0. The molecule has 0 spiro atoms. The zero-order valence-corrected chi connectivity index (χ0v) is 22.9. The Morgan fingerprint density at radius 1 is 0.525 bits per heavy atom. The molecule has 2 amide bonds. The van der Waals surface area contributed by atoms with Crippen LogP contribution in [0.25, 0.3) is 0 Å². The molecule has 0 saturated carbocycles. The second-order valence-corrected chi connectivity index (χ2v) is 10.8. The lowest BCUT2D eigenvalue weighted by atomic mass is 9.95. The maximum absolute atomic E-state index is 14.6. The third-order valence-electron chi connectivity index (χ3n) is 7.89. The monoisotopic (exact) mass is 534 g/mol. The lowest BCUT2D eigenvalue weighted by Gasteiger charge is -2.36. The van der Waals surface area contributed by atoms with Crippen molar-refractivity contribution in [2.45, 2.75) is 64.1 Å². The van der Waals surface area contributed by atoms with Crippen molar-refractivity contribution < 1.29 is 15.0 Å². The molecule has 5 heteroatoms. The Morgan fingerprint density at radius 3 is 1.30 bits per heavy atom. The van der Waals surface area contributed by atoms with Crippen molar-refractivity contribution in [3.63, 3.8) is 0 Å². The summed E-state index contributed by atoms with van der Waals surface area (Å²) in [6, 6.07) is 36.7. The zero-order valence-electron chi connectivity index (χ0n) is 22.9. The number of hydrogen-bond donors (Lipinski definition) is 2. The summed E-state index contributed by atoms with van der Waals surface area (Å²) in [7, 11) is 0. The lowest BCUT2D eigenvalue weighted by molar-refractivity contribution is 0.126. The van der Waals surface area contributed by atoms with E-state index in [-0.39, 0.29) is 31.3 Å². The first kappa shape index (κ1) is 27.6. The maximum Gasteiger partial charge on any atom is 0.321 e. The molecule has 5 nitrogen and oxygen atoms in total. The van der Waals surface area contributed by atoms with Crippen molar-refractivity contribution in [3.8, 4) is 0 Å². The van der Waals surface area contributed by atoms with E-state index >= 15 is 0 Å². The predicted octanol–water partition coefficient (Wildman–Crippen LogP) is 6.11. The topological polar surface area (TPSA) is 64.0 Å². The minimum atomic E-state index is -0.0261. The number of carbonyl (C=O) groups excluding carboxylic acids is 1. The molecule has 206 valence electrons. The number of hydrogen-bond acceptors (Lipinski definition) is 3. The standard InChI is InChI=1S/C35H38N2O3/c38-25-31-15-7-13-29(19-31)23-36-33(21-27-9-3-1-4-10-27)17-18-34(22-28-11-5-2-6-12-28)37(35(36)40)24-30-14-8-16-32(20-30)26-39/h1-16,19-20,33-34,38-39H,17-18,21-26H2/t33-,34-/m0/s1. The molecule has 4 aromatic carbocycles. The molecule has 1 heterocycles. The van der Waals surface area contributed by atoms with E-state index in [9.17, 15) is 15.0 Å². The van der Waals surface area contributed by atoms with E-state index in [4.69, 9.17) is 0 Å². The third kappa shape index (κ3) is 6.98. The quantitative estimate of drug-likeness (QED) is 0.258. The highest BCUT2D eigenvalue weighted by Gasteiger charge is 2.36. The first-order chi connectivity index (χ1) is 19.6. The number of aliphatic hydroxyl groups is 2. The average molecular weight is 535 g/mol. The fourth-order valence-electron chi connectivity index (χ4n) is 5.81. The van der Waals surface area contributed by atoms with Crippen LogP contribution in [0.4, 0.5) is 4.79 Å². The summed E-state index contributed by atoms with van der Waals surface area (Å²) in [6.45, 7) is 0.911. The van der Waals surface area contributed by atoms with E-state index in [2.05, 4.69) is 48.5 Å². The van der Waals surface area contributed by atoms with E-state index in [1.165, 1.54) is 11.1 Å². The molecule has 0 aliphatic carbocycles. The molecule has 1 aliphatic heterocycles. The highest BCUT2D eigenvalue weighted by atomic mass is 16.3. The molecule has 5 rings (SSSR count). The molecule has 0 bridgehead atoms. The van der Waals surface area contributed by atoms with Crippen molar-refractivity contribution in [3.05, 3.63) is 143 Å². The van der Waals surface area contributed by atoms with Crippen LogP contribution in [0.15, 0.2) is 109 Å². The van der Waals surface area contributed by atoms with Crippen LogP contribution in [0.1, 0.15) is 46.2 Å². The smallest absolute Gasteiger partial charge is 0.321 e. The minimum absolute atomic E-state index is 0.0261. The second kappa shape index (κ2) is 13.4. The minimum Gasteiger partial charge on any atom is -0.392 e. The number of benzene rings is 4. The van der Waals surface area contributed by atoms with Gasteiger partial charge in [0.2, 0.25) is 0 Å². The summed E-state index contributed by atoms with van der Waals surface area (Å²) in [5.74, 6) is 0. The van der Waals surface area contributed by atoms with Gasteiger partial charge >= 0.3 is 6.03 Å². The molecule has 0 radical (unpaired) electrons. The maximum atomic E-state index is 14.6. The molecular weight excluding hydrogens is 496 g/mol. The van der Waals surface area contributed by atoms with Crippen LogP contribution in [0.5, 0.6) is 0 Å². The molecule has 2 N–H and O–H groups in total. The second-order valence-electron chi connectivity index (χ2n) is 10.8. The number of aliphatic hydroxyl groups excluding tert-OH is 2. The fraction of sp³-hybridized carbons (Fsp3) is 0.286. The predicted molar refractivity (Wildman–Crippen MR) is 158 cm³/mol. The molecular formula is C35H38N2O3. The molecule has 1 fully saturated rings. The van der Waals surface area contributed by atoms with Gasteiger partial charge in [-0.3, -0.25) is 0 Å². The van der Waals surface area contributed by atoms with Crippen molar-refractivity contribution in [1.82, 2.24) is 9.80 Å². The van der Waals surface area contributed by atoms with Crippen LogP contribution in [0, 0.1) is 0 Å². The summed E-state index contributed by atoms with van der Waals surface area (Å²) in [6.07, 6.45) is 3.37. The largest absolute Gasteiger partial charge is 0.392 e. The Balaban J connectivity index is 1.51. The zero-order chi connectivity index (χ0) is 27.7. The molecule has 4 aromatic rings. The van der Waals surface area contributed by atoms with Gasteiger partial charge in [-0.05, 0) is 59.1 Å². The number of carbonyl (C=O) groups is 1. The van der Waals surface area contributed by atoms with E-state index in [1.54, 1.807) is 0 Å². The van der Waals surface area contributed by atoms with Crippen LogP contribution in [0.2, 0.25) is 0 Å². The molecule has 1 saturated heterocycles. The summed E-state index contributed by atoms with van der Waals surface area (Å²) < 4.78 is 0. The molecule has 0 aromatic heterocycles. The van der Waals surface area contributed by atoms with Crippen molar-refractivity contribution in [1.29, 1.82) is 0 Å². The van der Waals surface area contributed by atoms with E-state index < -0.39 is 0 Å². The summed E-state index contributed by atoms with van der Waals surface area (Å²) in [5.41, 5.74) is 6.16. The van der Waals surface area contributed by atoms with Crippen molar-refractivity contribution in [2.75, 3.05) is 0 Å². The van der Waals surface area contributed by atoms with Gasteiger partial charge in [0.25, 0.3) is 0 Å². The number of rotatable bonds is 10. The fourth-order valence-corrected chi connectivity index (χ4v) is 5.81. The van der Waals surface area contributed by atoms with Gasteiger partial charge in [0.1, 0.15) is 0 Å². The van der Waals surface area contributed by atoms with Gasteiger partial charge in [-0.2, -0.15) is 0 Å². The SMILES string of the molecule is O=C1N(Cc2cccc(CO)c2)[C@H](Cc2ccccc2)CC[C@@H](Cc2ccccc2)N1Cc1cccc(CO)c1. The highest BCUT2D eigenvalue weighted by Crippen LogP contribution is 2.29. The van der Waals surface area contributed by atoms with Crippen molar-refractivity contribution >= 4 is 6.03 Å². The van der Waals surface area contributed by atoms with Gasteiger partial charge in [-0.1, -0.05) is 109 Å². The number of nitrogens with zero attached hydrogens (tertiary/aromatic N) is 2. The molecule has 1 aliphatic rings. The van der Waals surface area contributed by atoms with Gasteiger partial charge in [0.15, 0.2) is 0 Å². The molecule has 2 atom stereocenters.